The fourth-order valence-corrected chi connectivity index (χ4v) is 2.14. The van der Waals surface area contributed by atoms with Gasteiger partial charge in [-0.1, -0.05) is 6.92 Å². The Balaban J connectivity index is 2.54. The smallest absolute Gasteiger partial charge is 0.165 e. The van der Waals surface area contributed by atoms with E-state index in [4.69, 9.17) is 0 Å². The van der Waals surface area contributed by atoms with Gasteiger partial charge >= 0.3 is 0 Å². The van der Waals surface area contributed by atoms with Crippen molar-refractivity contribution in [2.75, 3.05) is 12.0 Å². The largest absolute Gasteiger partial charge is 0.305 e. The third-order valence-electron chi connectivity index (χ3n) is 2.32. The van der Waals surface area contributed by atoms with Crippen molar-refractivity contribution in [2.24, 2.45) is 5.92 Å². The number of aromatic nitrogens is 4. The summed E-state index contributed by atoms with van der Waals surface area (Å²) in [5.41, 5.74) is 0.0850. The molecule has 1 aromatic heterocycles. The first kappa shape index (κ1) is 14.4. The first-order valence-corrected chi connectivity index (χ1v) is 7.31. The van der Waals surface area contributed by atoms with Gasteiger partial charge in [-0.2, -0.15) is 11.8 Å². The van der Waals surface area contributed by atoms with Gasteiger partial charge in [-0.05, 0) is 49.1 Å². The molecule has 0 aliphatic carbocycles. The maximum absolute atomic E-state index is 4.06. The van der Waals surface area contributed by atoms with Gasteiger partial charge in [-0.15, -0.1) is 5.10 Å². The summed E-state index contributed by atoms with van der Waals surface area (Å²) in [6.07, 6.45) is 2.12. The van der Waals surface area contributed by atoms with Crippen LogP contribution in [-0.4, -0.2) is 37.8 Å². The molecule has 0 saturated carbocycles. The maximum atomic E-state index is 4.06. The van der Waals surface area contributed by atoms with Gasteiger partial charge in [0.05, 0.1) is 6.54 Å². The van der Waals surface area contributed by atoms with E-state index in [1.165, 1.54) is 0 Å². The van der Waals surface area contributed by atoms with Crippen LogP contribution < -0.4 is 5.32 Å². The van der Waals surface area contributed by atoms with Crippen LogP contribution in [0.25, 0.3) is 0 Å². The van der Waals surface area contributed by atoms with Gasteiger partial charge in [0.25, 0.3) is 0 Å². The summed E-state index contributed by atoms with van der Waals surface area (Å²) in [5, 5.41) is 15.3. The molecule has 0 spiro atoms. The molecule has 6 heteroatoms. The van der Waals surface area contributed by atoms with Crippen LogP contribution in [-0.2, 0) is 13.1 Å². The Bertz CT molecular complexity index is 331. The third kappa shape index (κ3) is 5.50. The van der Waals surface area contributed by atoms with Crippen LogP contribution in [0.5, 0.6) is 0 Å². The highest BCUT2D eigenvalue weighted by Crippen LogP contribution is 2.08. The lowest BCUT2D eigenvalue weighted by Gasteiger charge is -2.20. The molecule has 0 aliphatic heterocycles. The van der Waals surface area contributed by atoms with Crippen LogP contribution in [0.2, 0.25) is 0 Å². The fraction of sp³-hybridized carbons (Fsp3) is 0.909. The molecule has 98 valence electrons. The number of rotatable bonds is 6. The van der Waals surface area contributed by atoms with Crippen molar-refractivity contribution in [3.63, 3.8) is 0 Å². The molecule has 1 atom stereocenters. The minimum atomic E-state index is 0.0850. The topological polar surface area (TPSA) is 55.6 Å². The van der Waals surface area contributed by atoms with Gasteiger partial charge in [0.1, 0.15) is 0 Å². The van der Waals surface area contributed by atoms with Crippen molar-refractivity contribution >= 4 is 11.8 Å². The Labute approximate surface area is 108 Å². The van der Waals surface area contributed by atoms with Crippen LogP contribution >= 0.6 is 11.8 Å². The van der Waals surface area contributed by atoms with Crippen molar-refractivity contribution in [1.82, 2.24) is 25.5 Å². The molecule has 0 saturated heterocycles. The molecule has 0 amide bonds. The molecule has 0 bridgehead atoms. The van der Waals surface area contributed by atoms with E-state index in [2.05, 4.69) is 54.8 Å². The zero-order valence-corrected chi connectivity index (χ0v) is 12.2. The van der Waals surface area contributed by atoms with Gasteiger partial charge < -0.3 is 5.32 Å². The zero-order chi connectivity index (χ0) is 12.9. The lowest BCUT2D eigenvalue weighted by molar-refractivity contribution is 0.397. The summed E-state index contributed by atoms with van der Waals surface area (Å²) in [7, 11) is 0. The molecular formula is C11H23N5S. The Kier molecular flexibility index (Phi) is 5.39. The Morgan fingerprint density at radius 2 is 2.12 bits per heavy atom. The minimum absolute atomic E-state index is 0.0850. The molecule has 1 heterocycles. The van der Waals surface area contributed by atoms with E-state index >= 15 is 0 Å². The summed E-state index contributed by atoms with van der Waals surface area (Å²) in [4.78, 5) is 0. The minimum Gasteiger partial charge on any atom is -0.305 e. The van der Waals surface area contributed by atoms with Gasteiger partial charge in [0, 0.05) is 12.1 Å². The SMILES string of the molecule is CSCC(C)Cn1nnnc1CNC(C)(C)C. The number of hydrogen-bond acceptors (Lipinski definition) is 5. The highest BCUT2D eigenvalue weighted by Gasteiger charge is 2.13. The number of thioether (sulfide) groups is 1. The van der Waals surface area contributed by atoms with Gasteiger partial charge in [0.2, 0.25) is 0 Å². The van der Waals surface area contributed by atoms with E-state index in [9.17, 15) is 0 Å². The van der Waals surface area contributed by atoms with Gasteiger partial charge in [0.15, 0.2) is 5.82 Å². The highest BCUT2D eigenvalue weighted by molar-refractivity contribution is 7.98. The second-order valence-electron chi connectivity index (χ2n) is 5.44. The van der Waals surface area contributed by atoms with Crippen molar-refractivity contribution in [3.8, 4) is 0 Å². The molecule has 1 unspecified atom stereocenters. The molecule has 17 heavy (non-hydrogen) atoms. The molecule has 1 N–H and O–H groups in total. The predicted octanol–water partition coefficient (Wildman–Crippen LogP) is 1.56. The second kappa shape index (κ2) is 6.35. The second-order valence-corrected chi connectivity index (χ2v) is 6.35. The molecule has 0 aromatic carbocycles. The molecule has 1 aromatic rings. The molecular weight excluding hydrogens is 234 g/mol. The van der Waals surface area contributed by atoms with E-state index in [1.807, 2.05) is 16.4 Å². The van der Waals surface area contributed by atoms with Gasteiger partial charge in [-0.25, -0.2) is 4.68 Å². The quantitative estimate of drug-likeness (QED) is 0.838. The number of tetrazole rings is 1. The third-order valence-corrected chi connectivity index (χ3v) is 3.22. The standard InChI is InChI=1S/C11H23N5S/c1-9(8-17-5)7-16-10(13-14-15-16)6-12-11(2,3)4/h9,12H,6-8H2,1-5H3. The van der Waals surface area contributed by atoms with Gasteiger partial charge in [-0.3, -0.25) is 0 Å². The Morgan fingerprint density at radius 1 is 1.41 bits per heavy atom. The number of hydrogen-bond donors (Lipinski definition) is 1. The Hall–Kier alpha value is -0.620. The maximum Gasteiger partial charge on any atom is 0.165 e. The predicted molar refractivity (Wildman–Crippen MR) is 72.0 cm³/mol. The number of nitrogens with one attached hydrogen (secondary N) is 1. The summed E-state index contributed by atoms with van der Waals surface area (Å²) in [6.45, 7) is 10.2. The van der Waals surface area contributed by atoms with Crippen molar-refractivity contribution in [1.29, 1.82) is 0 Å². The number of nitrogens with zero attached hydrogens (tertiary/aromatic N) is 4. The molecule has 1 rings (SSSR count). The fourth-order valence-electron chi connectivity index (χ4n) is 1.47. The van der Waals surface area contributed by atoms with Crippen LogP contribution in [0.15, 0.2) is 0 Å². The van der Waals surface area contributed by atoms with E-state index in [0.717, 1.165) is 18.1 Å². The van der Waals surface area contributed by atoms with E-state index in [-0.39, 0.29) is 5.54 Å². The lowest BCUT2D eigenvalue weighted by Crippen LogP contribution is -2.36. The van der Waals surface area contributed by atoms with Crippen molar-refractivity contribution in [2.45, 2.75) is 46.3 Å². The highest BCUT2D eigenvalue weighted by atomic mass is 32.2. The van der Waals surface area contributed by atoms with Crippen LogP contribution in [0.1, 0.15) is 33.5 Å². The summed E-state index contributed by atoms with van der Waals surface area (Å²) in [5.74, 6) is 2.63. The van der Waals surface area contributed by atoms with Crippen LogP contribution in [0.4, 0.5) is 0 Å². The van der Waals surface area contributed by atoms with E-state index < -0.39 is 0 Å². The molecule has 5 nitrogen and oxygen atoms in total. The summed E-state index contributed by atoms with van der Waals surface area (Å²) in [6, 6.07) is 0. The zero-order valence-electron chi connectivity index (χ0n) is 11.4. The van der Waals surface area contributed by atoms with Crippen LogP contribution in [0.3, 0.4) is 0 Å². The Morgan fingerprint density at radius 3 is 2.71 bits per heavy atom. The molecule has 0 fully saturated rings. The summed E-state index contributed by atoms with van der Waals surface area (Å²) < 4.78 is 1.90. The van der Waals surface area contributed by atoms with Crippen molar-refractivity contribution in [3.05, 3.63) is 5.82 Å². The normalized spacial score (nSPS) is 13.9. The molecule has 0 radical (unpaired) electrons. The molecule has 0 aliphatic rings. The lowest BCUT2D eigenvalue weighted by atomic mass is 10.1. The van der Waals surface area contributed by atoms with E-state index in [1.54, 1.807) is 0 Å². The summed E-state index contributed by atoms with van der Waals surface area (Å²) >= 11 is 1.86. The van der Waals surface area contributed by atoms with Crippen molar-refractivity contribution < 1.29 is 0 Å². The average Bonchev–Trinajstić information content (AvgIpc) is 2.61. The monoisotopic (exact) mass is 257 g/mol. The first-order chi connectivity index (χ1) is 7.92. The van der Waals surface area contributed by atoms with E-state index in [0.29, 0.717) is 12.5 Å². The average molecular weight is 257 g/mol. The first-order valence-electron chi connectivity index (χ1n) is 5.91. The van der Waals surface area contributed by atoms with Crippen LogP contribution in [0, 0.1) is 5.92 Å².